The molecule has 0 aromatic heterocycles. The third-order valence-corrected chi connectivity index (χ3v) is 1.80. The van der Waals surface area contributed by atoms with Gasteiger partial charge in [-0.05, 0) is 32.1 Å². The fourth-order valence-electron chi connectivity index (χ4n) is 1.13. The molecule has 0 amide bonds. The van der Waals surface area contributed by atoms with Crippen molar-refractivity contribution in [3.63, 3.8) is 0 Å². The summed E-state index contributed by atoms with van der Waals surface area (Å²) in [5, 5.41) is 7.43. The van der Waals surface area contributed by atoms with Crippen molar-refractivity contribution in [1.29, 1.82) is 5.41 Å². The summed E-state index contributed by atoms with van der Waals surface area (Å²) in [6.45, 7) is 0. The van der Waals surface area contributed by atoms with Crippen molar-refractivity contribution in [1.82, 2.24) is 0 Å². The topological polar surface area (TPSA) is 49.9 Å². The minimum absolute atomic E-state index is 0.857. The quantitative estimate of drug-likeness (QED) is 0.527. The molecule has 1 aliphatic rings. The monoisotopic (exact) mass is 138 g/mol. The van der Waals surface area contributed by atoms with E-state index in [1.165, 1.54) is 0 Å². The van der Waals surface area contributed by atoms with Crippen molar-refractivity contribution in [3.8, 4) is 0 Å². The highest BCUT2D eigenvalue weighted by molar-refractivity contribution is 5.81. The average Bonchev–Trinajstić information content (AvgIpc) is 1.90. The zero-order valence-electron chi connectivity index (χ0n) is 6.19. The van der Waals surface area contributed by atoms with Gasteiger partial charge in [-0.1, -0.05) is 6.08 Å². The summed E-state index contributed by atoms with van der Waals surface area (Å²) in [7, 11) is 0. The second-order valence-electron chi connectivity index (χ2n) is 2.77. The van der Waals surface area contributed by atoms with Crippen molar-refractivity contribution < 1.29 is 0 Å². The molecule has 0 aromatic rings. The molecule has 0 heterocycles. The molecule has 0 saturated heterocycles. The maximum atomic E-state index is 7.43. The fourth-order valence-corrected chi connectivity index (χ4v) is 1.13. The third kappa shape index (κ3) is 2.21. The van der Waals surface area contributed by atoms with Crippen molar-refractivity contribution in [3.05, 3.63) is 11.8 Å². The molecule has 1 rings (SSSR count). The molecule has 0 spiro atoms. The average molecular weight is 138 g/mol. The molecule has 0 radical (unpaired) electrons. The van der Waals surface area contributed by atoms with E-state index in [4.69, 9.17) is 11.1 Å². The van der Waals surface area contributed by atoms with E-state index in [-0.39, 0.29) is 0 Å². The lowest BCUT2D eigenvalue weighted by molar-refractivity contribution is 0.817. The summed E-state index contributed by atoms with van der Waals surface area (Å²) in [4.78, 5) is 0. The first-order valence-corrected chi connectivity index (χ1v) is 3.80. The van der Waals surface area contributed by atoms with Gasteiger partial charge in [0.2, 0.25) is 0 Å². The number of hydrogen-bond acceptors (Lipinski definition) is 2. The van der Waals surface area contributed by atoms with Crippen LogP contribution in [0.25, 0.3) is 0 Å². The van der Waals surface area contributed by atoms with Crippen LogP contribution in [0.15, 0.2) is 11.8 Å². The van der Waals surface area contributed by atoms with Crippen LogP contribution in [-0.2, 0) is 0 Å². The van der Waals surface area contributed by atoms with Gasteiger partial charge in [-0.2, -0.15) is 0 Å². The molecule has 0 unspecified atom stereocenters. The Hall–Kier alpha value is -0.790. The van der Waals surface area contributed by atoms with E-state index in [1.54, 1.807) is 0 Å². The number of nitrogens with one attached hydrogen (secondary N) is 1. The van der Waals surface area contributed by atoms with Gasteiger partial charge in [0, 0.05) is 11.4 Å². The molecule has 0 atom stereocenters. The summed E-state index contributed by atoms with van der Waals surface area (Å²) in [6.07, 6.45) is 6.95. The van der Waals surface area contributed by atoms with Gasteiger partial charge in [-0.15, -0.1) is 0 Å². The fraction of sp³-hybridized carbons (Fsp3) is 0.625. The van der Waals surface area contributed by atoms with Crippen LogP contribution in [0.3, 0.4) is 0 Å². The van der Waals surface area contributed by atoms with Crippen LogP contribution < -0.4 is 5.73 Å². The molecule has 0 aliphatic heterocycles. The summed E-state index contributed by atoms with van der Waals surface area (Å²) in [5.41, 5.74) is 7.45. The summed E-state index contributed by atoms with van der Waals surface area (Å²) < 4.78 is 0. The Morgan fingerprint density at radius 2 is 2.10 bits per heavy atom. The Labute approximate surface area is 61.6 Å². The second kappa shape index (κ2) is 3.40. The Morgan fingerprint density at radius 1 is 1.30 bits per heavy atom. The lowest BCUT2D eigenvalue weighted by Gasteiger charge is -2.07. The largest absolute Gasteiger partial charge is 0.402 e. The highest BCUT2D eigenvalue weighted by Crippen LogP contribution is 2.10. The Bertz CT molecular complexity index is 159. The van der Waals surface area contributed by atoms with Gasteiger partial charge in [0.05, 0.1) is 0 Å². The smallest absolute Gasteiger partial charge is 0.00931 e. The molecule has 1 aliphatic carbocycles. The summed E-state index contributed by atoms with van der Waals surface area (Å²) in [5.74, 6) is 0. The number of rotatable bonds is 0. The lowest BCUT2D eigenvalue weighted by atomic mass is 10.0. The Balaban J connectivity index is 2.46. The highest BCUT2D eigenvalue weighted by atomic mass is 14.6. The van der Waals surface area contributed by atoms with Crippen LogP contribution in [0.5, 0.6) is 0 Å². The molecule has 2 nitrogen and oxygen atoms in total. The van der Waals surface area contributed by atoms with E-state index in [0.717, 1.165) is 43.5 Å². The van der Waals surface area contributed by atoms with Crippen molar-refractivity contribution in [2.24, 2.45) is 5.73 Å². The zero-order valence-corrected chi connectivity index (χ0v) is 6.19. The maximum absolute atomic E-state index is 7.43. The molecular weight excluding hydrogens is 124 g/mol. The number of allylic oxidation sites excluding steroid dienone is 2. The first kappa shape index (κ1) is 7.32. The molecule has 56 valence electrons. The van der Waals surface area contributed by atoms with Gasteiger partial charge in [0.1, 0.15) is 0 Å². The van der Waals surface area contributed by atoms with Crippen LogP contribution >= 0.6 is 0 Å². The minimum atomic E-state index is 0.857. The van der Waals surface area contributed by atoms with Crippen molar-refractivity contribution in [2.45, 2.75) is 32.1 Å². The molecule has 0 bridgehead atoms. The molecule has 2 heteroatoms. The van der Waals surface area contributed by atoms with Crippen LogP contribution in [0, 0.1) is 5.41 Å². The van der Waals surface area contributed by atoms with E-state index >= 15 is 0 Å². The molecule has 0 fully saturated rings. The molecule has 0 saturated carbocycles. The molecular formula is C8H14N2. The van der Waals surface area contributed by atoms with Gasteiger partial charge in [-0.25, -0.2) is 0 Å². The van der Waals surface area contributed by atoms with E-state index < -0.39 is 0 Å². The standard InChI is InChI=1S/C8H14N2/c9-7-3-1-2-4-8(10)6-5-7/h3,10H,1-2,4-6,9H2/b7-3+,10-8?. The van der Waals surface area contributed by atoms with Gasteiger partial charge in [0.15, 0.2) is 0 Å². The first-order valence-electron chi connectivity index (χ1n) is 3.80. The van der Waals surface area contributed by atoms with E-state index in [0.29, 0.717) is 0 Å². The first-order chi connectivity index (χ1) is 4.79. The molecule has 10 heavy (non-hydrogen) atoms. The highest BCUT2D eigenvalue weighted by Gasteiger charge is 2.01. The van der Waals surface area contributed by atoms with E-state index in [2.05, 4.69) is 6.08 Å². The maximum Gasteiger partial charge on any atom is 0.00931 e. The second-order valence-corrected chi connectivity index (χ2v) is 2.77. The van der Waals surface area contributed by atoms with Crippen LogP contribution in [0.4, 0.5) is 0 Å². The lowest BCUT2D eigenvalue weighted by Crippen LogP contribution is -2.05. The van der Waals surface area contributed by atoms with Gasteiger partial charge < -0.3 is 11.1 Å². The summed E-state index contributed by atoms with van der Waals surface area (Å²) >= 11 is 0. The predicted molar refractivity (Wildman–Crippen MR) is 43.1 cm³/mol. The predicted octanol–water partition coefficient (Wildman–Crippen LogP) is 1.81. The zero-order chi connectivity index (χ0) is 7.40. The Morgan fingerprint density at radius 3 is 2.90 bits per heavy atom. The van der Waals surface area contributed by atoms with Gasteiger partial charge in [0.25, 0.3) is 0 Å². The van der Waals surface area contributed by atoms with E-state index in [1.807, 2.05) is 0 Å². The SMILES string of the molecule is N=C1CCC/C=C(/N)CC1. The molecule has 3 N–H and O–H groups in total. The third-order valence-electron chi connectivity index (χ3n) is 1.80. The Kier molecular flexibility index (Phi) is 2.49. The van der Waals surface area contributed by atoms with Crippen LogP contribution in [0.1, 0.15) is 32.1 Å². The van der Waals surface area contributed by atoms with E-state index in [9.17, 15) is 0 Å². The molecule has 0 aromatic carbocycles. The van der Waals surface area contributed by atoms with Crippen molar-refractivity contribution >= 4 is 5.71 Å². The van der Waals surface area contributed by atoms with Crippen molar-refractivity contribution in [2.75, 3.05) is 0 Å². The normalized spacial score (nSPS) is 26.4. The summed E-state index contributed by atoms with van der Waals surface area (Å²) in [6, 6.07) is 0. The number of nitrogens with two attached hydrogens (primary N) is 1. The van der Waals surface area contributed by atoms with Crippen LogP contribution in [0.2, 0.25) is 0 Å². The minimum Gasteiger partial charge on any atom is -0.402 e. The van der Waals surface area contributed by atoms with Gasteiger partial charge >= 0.3 is 0 Å². The van der Waals surface area contributed by atoms with Gasteiger partial charge in [-0.3, -0.25) is 0 Å². The van der Waals surface area contributed by atoms with Crippen LogP contribution in [-0.4, -0.2) is 5.71 Å². The number of hydrogen-bond donors (Lipinski definition) is 2.